The van der Waals surface area contributed by atoms with Gasteiger partial charge in [-0.15, -0.1) is 11.3 Å². The first-order valence-corrected chi connectivity index (χ1v) is 8.15. The number of nitrogens with one attached hydrogen (secondary N) is 3. The van der Waals surface area contributed by atoms with E-state index in [1.165, 1.54) is 0 Å². The van der Waals surface area contributed by atoms with E-state index in [-0.39, 0.29) is 0 Å². The van der Waals surface area contributed by atoms with E-state index >= 15 is 0 Å². The summed E-state index contributed by atoms with van der Waals surface area (Å²) >= 11 is 1.62. The molecule has 4 rings (SSSR count). The molecule has 112 valence electrons. The number of pyridine rings is 1. The molecule has 1 aliphatic rings. The molecule has 3 aromatic heterocycles. The minimum atomic E-state index is 0.427. The summed E-state index contributed by atoms with van der Waals surface area (Å²) in [6, 6.07) is 4.42. The Bertz CT molecular complexity index is 780. The number of thiophene rings is 1. The minimum absolute atomic E-state index is 0.427. The molecule has 0 unspecified atom stereocenters. The Balaban J connectivity index is 1.55. The smallest absolute Gasteiger partial charge is 0.151 e. The van der Waals surface area contributed by atoms with Crippen molar-refractivity contribution < 1.29 is 0 Å². The molecule has 0 amide bonds. The standard InChI is InChI=1S/C15H16N6S/c1-2-11-12(9-22-15(11)18-4-1)20-14-8-17-7-13(21-14)19-10-3-5-16-6-10/h1-2,4,7-10,16H,3,5-6H2,(H2,19,20,21)/t10-/m1/s1. The number of hydrogen-bond donors (Lipinski definition) is 3. The molecule has 0 radical (unpaired) electrons. The van der Waals surface area contributed by atoms with Crippen molar-refractivity contribution >= 4 is 38.9 Å². The highest BCUT2D eigenvalue weighted by Crippen LogP contribution is 2.30. The number of aromatic nitrogens is 3. The zero-order chi connectivity index (χ0) is 14.8. The van der Waals surface area contributed by atoms with E-state index in [0.29, 0.717) is 6.04 Å². The molecule has 3 aromatic rings. The van der Waals surface area contributed by atoms with Gasteiger partial charge in [-0.25, -0.2) is 9.97 Å². The molecule has 1 fully saturated rings. The van der Waals surface area contributed by atoms with E-state index in [0.717, 1.165) is 47.1 Å². The zero-order valence-corrected chi connectivity index (χ0v) is 12.7. The second-order valence-corrected chi connectivity index (χ2v) is 6.11. The Morgan fingerprint density at radius 1 is 1.27 bits per heavy atom. The van der Waals surface area contributed by atoms with Crippen LogP contribution in [0, 0.1) is 0 Å². The van der Waals surface area contributed by atoms with Crippen molar-refractivity contribution in [1.82, 2.24) is 20.3 Å². The van der Waals surface area contributed by atoms with Crippen LogP contribution in [0.15, 0.2) is 36.1 Å². The van der Waals surface area contributed by atoms with Crippen LogP contribution in [0.2, 0.25) is 0 Å². The minimum Gasteiger partial charge on any atom is -0.365 e. The topological polar surface area (TPSA) is 74.8 Å². The maximum atomic E-state index is 4.59. The Morgan fingerprint density at radius 3 is 3.14 bits per heavy atom. The van der Waals surface area contributed by atoms with Crippen LogP contribution >= 0.6 is 11.3 Å². The van der Waals surface area contributed by atoms with E-state index in [1.807, 2.05) is 12.3 Å². The lowest BCUT2D eigenvalue weighted by Gasteiger charge is -2.12. The van der Waals surface area contributed by atoms with Gasteiger partial charge in [-0.2, -0.15) is 0 Å². The lowest BCUT2D eigenvalue weighted by Crippen LogP contribution is -2.22. The molecule has 6 nitrogen and oxygen atoms in total. The summed E-state index contributed by atoms with van der Waals surface area (Å²) < 4.78 is 0. The van der Waals surface area contributed by atoms with Crippen LogP contribution in [-0.2, 0) is 0 Å². The maximum Gasteiger partial charge on any atom is 0.151 e. The fourth-order valence-electron chi connectivity index (χ4n) is 2.59. The number of fused-ring (bicyclic) bond motifs is 1. The normalized spacial score (nSPS) is 17.7. The molecule has 1 saturated heterocycles. The van der Waals surface area contributed by atoms with Gasteiger partial charge in [0, 0.05) is 29.5 Å². The van der Waals surface area contributed by atoms with Crippen molar-refractivity contribution in [2.75, 3.05) is 23.7 Å². The van der Waals surface area contributed by atoms with Crippen molar-refractivity contribution in [3.63, 3.8) is 0 Å². The molecule has 3 N–H and O–H groups in total. The highest BCUT2D eigenvalue weighted by Gasteiger charge is 2.14. The zero-order valence-electron chi connectivity index (χ0n) is 11.9. The number of hydrogen-bond acceptors (Lipinski definition) is 7. The van der Waals surface area contributed by atoms with Crippen LogP contribution in [0.1, 0.15) is 6.42 Å². The van der Waals surface area contributed by atoms with Crippen molar-refractivity contribution in [3.8, 4) is 0 Å². The third-order valence-electron chi connectivity index (χ3n) is 3.66. The highest BCUT2D eigenvalue weighted by atomic mass is 32.1. The summed E-state index contributed by atoms with van der Waals surface area (Å²) in [6.07, 6.45) is 6.41. The molecule has 0 saturated carbocycles. The second-order valence-electron chi connectivity index (χ2n) is 5.25. The molecule has 0 bridgehead atoms. The van der Waals surface area contributed by atoms with Crippen LogP contribution in [0.4, 0.5) is 17.3 Å². The quantitative estimate of drug-likeness (QED) is 0.687. The first kappa shape index (κ1) is 13.4. The molecule has 0 aromatic carbocycles. The van der Waals surface area contributed by atoms with Gasteiger partial charge in [0.05, 0.1) is 18.1 Å². The summed E-state index contributed by atoms with van der Waals surface area (Å²) in [6.45, 7) is 2.02. The van der Waals surface area contributed by atoms with Gasteiger partial charge in [0.25, 0.3) is 0 Å². The van der Waals surface area contributed by atoms with Gasteiger partial charge >= 0.3 is 0 Å². The number of rotatable bonds is 4. The Morgan fingerprint density at radius 2 is 2.23 bits per heavy atom. The van der Waals surface area contributed by atoms with Gasteiger partial charge in [-0.05, 0) is 25.1 Å². The number of nitrogens with zero attached hydrogens (tertiary/aromatic N) is 3. The van der Waals surface area contributed by atoms with Crippen LogP contribution in [-0.4, -0.2) is 34.1 Å². The summed E-state index contributed by atoms with van der Waals surface area (Å²) in [5.41, 5.74) is 1.02. The van der Waals surface area contributed by atoms with Gasteiger partial charge in [-0.1, -0.05) is 0 Å². The fourth-order valence-corrected chi connectivity index (χ4v) is 3.43. The third kappa shape index (κ3) is 2.72. The predicted octanol–water partition coefficient (Wildman–Crippen LogP) is 2.60. The fraction of sp³-hybridized carbons (Fsp3) is 0.267. The largest absolute Gasteiger partial charge is 0.365 e. The molecular formula is C15H16N6S. The molecule has 7 heteroatoms. The third-order valence-corrected chi connectivity index (χ3v) is 4.56. The van der Waals surface area contributed by atoms with Gasteiger partial charge in [0.2, 0.25) is 0 Å². The lowest BCUT2D eigenvalue weighted by molar-refractivity contribution is 0.787. The summed E-state index contributed by atoms with van der Waals surface area (Å²) in [5, 5.41) is 13.2. The van der Waals surface area contributed by atoms with Gasteiger partial charge in [-0.3, -0.25) is 4.98 Å². The molecule has 0 aliphatic carbocycles. The highest BCUT2D eigenvalue weighted by molar-refractivity contribution is 7.17. The summed E-state index contributed by atoms with van der Waals surface area (Å²) in [5.74, 6) is 1.54. The monoisotopic (exact) mass is 312 g/mol. The van der Waals surface area contributed by atoms with Crippen LogP contribution < -0.4 is 16.0 Å². The molecule has 22 heavy (non-hydrogen) atoms. The van der Waals surface area contributed by atoms with Gasteiger partial charge < -0.3 is 16.0 Å². The lowest BCUT2D eigenvalue weighted by atomic mass is 10.2. The summed E-state index contributed by atoms with van der Waals surface area (Å²) in [4.78, 5) is 14.2. The first-order valence-electron chi connectivity index (χ1n) is 7.27. The Kier molecular flexibility index (Phi) is 3.57. The van der Waals surface area contributed by atoms with Crippen molar-refractivity contribution in [2.45, 2.75) is 12.5 Å². The number of anilines is 3. The predicted molar refractivity (Wildman–Crippen MR) is 89.8 cm³/mol. The van der Waals surface area contributed by atoms with Crippen molar-refractivity contribution in [2.24, 2.45) is 0 Å². The Labute approximate surface area is 132 Å². The van der Waals surface area contributed by atoms with E-state index in [1.54, 1.807) is 23.7 Å². The Hall–Kier alpha value is -2.25. The molecule has 1 aliphatic heterocycles. The van der Waals surface area contributed by atoms with E-state index < -0.39 is 0 Å². The average Bonchev–Trinajstić information content (AvgIpc) is 3.18. The van der Waals surface area contributed by atoms with Gasteiger partial charge in [0.1, 0.15) is 10.6 Å². The molecule has 1 atom stereocenters. The molecule has 0 spiro atoms. The maximum absolute atomic E-state index is 4.59. The van der Waals surface area contributed by atoms with Crippen molar-refractivity contribution in [1.29, 1.82) is 0 Å². The SMILES string of the molecule is c1cnc2scc(Nc3cncc(N[C@@H]4CCNC4)n3)c2c1. The van der Waals surface area contributed by atoms with E-state index in [9.17, 15) is 0 Å². The first-order chi connectivity index (χ1) is 10.9. The van der Waals surface area contributed by atoms with E-state index in [2.05, 4.69) is 42.3 Å². The average molecular weight is 312 g/mol. The van der Waals surface area contributed by atoms with Crippen LogP contribution in [0.25, 0.3) is 10.2 Å². The van der Waals surface area contributed by atoms with Crippen molar-refractivity contribution in [3.05, 3.63) is 36.1 Å². The molecular weight excluding hydrogens is 296 g/mol. The second kappa shape index (κ2) is 5.86. The summed E-state index contributed by atoms with van der Waals surface area (Å²) in [7, 11) is 0. The van der Waals surface area contributed by atoms with Gasteiger partial charge in [0.15, 0.2) is 5.82 Å². The van der Waals surface area contributed by atoms with Crippen LogP contribution in [0.3, 0.4) is 0 Å². The molecule has 4 heterocycles. The van der Waals surface area contributed by atoms with E-state index in [4.69, 9.17) is 0 Å². The van der Waals surface area contributed by atoms with Crippen LogP contribution in [0.5, 0.6) is 0 Å².